The van der Waals surface area contributed by atoms with E-state index < -0.39 is 33.9 Å². The highest BCUT2D eigenvalue weighted by molar-refractivity contribution is 5.87. The van der Waals surface area contributed by atoms with E-state index >= 15 is 8.78 Å². The number of para-hydroxylation sites is 1. The smallest absolute Gasteiger partial charge is 0.449 e. The second kappa shape index (κ2) is 9.02. The number of pyridine rings is 1. The third kappa shape index (κ3) is 4.25. The summed E-state index contributed by atoms with van der Waals surface area (Å²) in [6.07, 6.45) is 2.72. The second-order valence-corrected chi connectivity index (χ2v) is 8.73. The first-order chi connectivity index (χ1) is 17.2. The van der Waals surface area contributed by atoms with Crippen molar-refractivity contribution < 1.29 is 28.3 Å². The van der Waals surface area contributed by atoms with E-state index in [4.69, 9.17) is 5.11 Å². The maximum atomic E-state index is 15.8. The number of nitro groups is 1. The predicted octanol–water partition coefficient (Wildman–Crippen LogP) is 4.28. The lowest BCUT2D eigenvalue weighted by molar-refractivity contribution is -0.385. The van der Waals surface area contributed by atoms with E-state index in [-0.39, 0.29) is 47.5 Å². The quantitative estimate of drug-likeness (QED) is 0.233. The standard InChI is InChI=1S/C24H20F2N4O6/c25-17-9-16-21(29(15-5-6-15)12-19(23(16)31)36-24(32)33)20(26)22(17)28-8-7-14(11-28)27-10-13-3-1-2-4-18(13)30(34)35/h1-4,9-10,12,14-15H,5-8,11H2,(H,32,33). The van der Waals surface area contributed by atoms with Gasteiger partial charge in [-0.2, -0.15) is 0 Å². The molecule has 0 amide bonds. The number of anilines is 1. The van der Waals surface area contributed by atoms with E-state index in [0.717, 1.165) is 12.3 Å². The molecular weight excluding hydrogens is 478 g/mol. The van der Waals surface area contributed by atoms with Gasteiger partial charge in [-0.1, -0.05) is 12.1 Å². The molecule has 0 bridgehead atoms. The van der Waals surface area contributed by atoms with Gasteiger partial charge >= 0.3 is 6.16 Å². The molecule has 36 heavy (non-hydrogen) atoms. The fraction of sp³-hybridized carbons (Fsp3) is 0.292. The molecule has 2 aromatic carbocycles. The molecule has 2 aliphatic rings. The van der Waals surface area contributed by atoms with Crippen LogP contribution in [0.4, 0.5) is 25.0 Å². The number of nitrogens with zero attached hydrogens (tertiary/aromatic N) is 4. The van der Waals surface area contributed by atoms with Crippen LogP contribution < -0.4 is 15.1 Å². The van der Waals surface area contributed by atoms with Gasteiger partial charge in [-0.25, -0.2) is 13.6 Å². The maximum absolute atomic E-state index is 15.8. The number of carbonyl (C=O) groups is 1. The monoisotopic (exact) mass is 498 g/mol. The average molecular weight is 498 g/mol. The number of carboxylic acid groups (broad SMARTS) is 1. The van der Waals surface area contributed by atoms with Gasteiger partial charge in [0, 0.05) is 31.4 Å². The van der Waals surface area contributed by atoms with Crippen LogP contribution in [0.3, 0.4) is 0 Å². The molecule has 1 aliphatic carbocycles. The molecule has 5 rings (SSSR count). The van der Waals surface area contributed by atoms with E-state index in [1.54, 1.807) is 18.2 Å². The summed E-state index contributed by atoms with van der Waals surface area (Å²) in [5.41, 5.74) is -1.08. The van der Waals surface area contributed by atoms with Crippen molar-refractivity contribution in [3.05, 3.63) is 74.1 Å². The Kier molecular flexibility index (Phi) is 5.86. The van der Waals surface area contributed by atoms with Crippen molar-refractivity contribution in [2.24, 2.45) is 4.99 Å². The lowest BCUT2D eigenvalue weighted by Crippen LogP contribution is -2.24. The molecule has 1 N–H and O–H groups in total. The number of aliphatic imine (C=N–C) groups is 1. The summed E-state index contributed by atoms with van der Waals surface area (Å²) < 4.78 is 37.0. The summed E-state index contributed by atoms with van der Waals surface area (Å²) in [5.74, 6) is -2.39. The number of nitro benzene ring substituents is 1. The molecule has 186 valence electrons. The highest BCUT2D eigenvalue weighted by atomic mass is 19.1. The Morgan fingerprint density at radius 2 is 2.00 bits per heavy atom. The molecule has 1 unspecified atom stereocenters. The van der Waals surface area contributed by atoms with Crippen molar-refractivity contribution in [2.75, 3.05) is 18.0 Å². The van der Waals surface area contributed by atoms with Crippen molar-refractivity contribution in [3.63, 3.8) is 0 Å². The minimum absolute atomic E-state index is 0.0907. The lowest BCUT2D eigenvalue weighted by atomic mass is 10.1. The molecule has 10 nitrogen and oxygen atoms in total. The molecule has 1 saturated carbocycles. The lowest BCUT2D eigenvalue weighted by Gasteiger charge is -2.22. The van der Waals surface area contributed by atoms with Gasteiger partial charge in [0.1, 0.15) is 11.5 Å². The molecule has 3 aromatic rings. The van der Waals surface area contributed by atoms with Crippen LogP contribution in [0.15, 0.2) is 46.3 Å². The van der Waals surface area contributed by atoms with Crippen LogP contribution in [0.1, 0.15) is 30.9 Å². The van der Waals surface area contributed by atoms with Crippen molar-refractivity contribution in [2.45, 2.75) is 31.3 Å². The highest BCUT2D eigenvalue weighted by Crippen LogP contribution is 2.40. The van der Waals surface area contributed by atoms with E-state index in [1.807, 2.05) is 0 Å². The predicted molar refractivity (Wildman–Crippen MR) is 126 cm³/mol. The first-order valence-electron chi connectivity index (χ1n) is 11.2. The summed E-state index contributed by atoms with van der Waals surface area (Å²) in [4.78, 5) is 40.3. The Labute approximate surface area is 202 Å². The maximum Gasteiger partial charge on any atom is 0.511 e. The summed E-state index contributed by atoms with van der Waals surface area (Å²) in [7, 11) is 0. The van der Waals surface area contributed by atoms with Crippen molar-refractivity contribution in [1.82, 2.24) is 4.57 Å². The van der Waals surface area contributed by atoms with Gasteiger partial charge in [0.2, 0.25) is 5.43 Å². The number of aromatic nitrogens is 1. The summed E-state index contributed by atoms with van der Waals surface area (Å²) in [5, 5.41) is 19.8. The topological polar surface area (TPSA) is 127 Å². The summed E-state index contributed by atoms with van der Waals surface area (Å²) in [6, 6.07) is 6.54. The van der Waals surface area contributed by atoms with E-state index in [2.05, 4.69) is 9.73 Å². The van der Waals surface area contributed by atoms with Crippen LogP contribution in [-0.2, 0) is 0 Å². The van der Waals surface area contributed by atoms with Gasteiger partial charge in [0.15, 0.2) is 11.6 Å². The summed E-state index contributed by atoms with van der Waals surface area (Å²) in [6.45, 7) is 0.455. The number of halogens is 2. The fourth-order valence-electron chi connectivity index (χ4n) is 4.52. The van der Waals surface area contributed by atoms with Crippen molar-refractivity contribution >= 4 is 34.6 Å². The number of hydrogen-bond donors (Lipinski definition) is 1. The van der Waals surface area contributed by atoms with Crippen molar-refractivity contribution in [3.8, 4) is 5.75 Å². The molecule has 0 radical (unpaired) electrons. The first kappa shape index (κ1) is 23.4. The van der Waals surface area contributed by atoms with E-state index in [1.165, 1.54) is 21.7 Å². The number of rotatable bonds is 6. The van der Waals surface area contributed by atoms with Gasteiger partial charge in [0.05, 0.1) is 33.6 Å². The Hall–Kier alpha value is -4.35. The molecule has 1 atom stereocenters. The van der Waals surface area contributed by atoms with Gasteiger partial charge in [0.25, 0.3) is 5.69 Å². The van der Waals surface area contributed by atoms with Gasteiger partial charge in [-0.15, -0.1) is 0 Å². The van der Waals surface area contributed by atoms with E-state index in [0.29, 0.717) is 24.8 Å². The van der Waals surface area contributed by atoms with Crippen molar-refractivity contribution in [1.29, 1.82) is 0 Å². The molecule has 2 fully saturated rings. The third-order valence-electron chi connectivity index (χ3n) is 6.33. The minimum Gasteiger partial charge on any atom is -0.449 e. The van der Waals surface area contributed by atoms with Crippen LogP contribution in [0, 0.1) is 21.7 Å². The van der Waals surface area contributed by atoms with Gasteiger partial charge in [-0.05, 0) is 31.4 Å². The number of fused-ring (bicyclic) bond motifs is 1. The molecule has 2 heterocycles. The van der Waals surface area contributed by atoms with Crippen LogP contribution >= 0.6 is 0 Å². The fourth-order valence-corrected chi connectivity index (χ4v) is 4.52. The Morgan fingerprint density at radius 3 is 2.69 bits per heavy atom. The van der Waals surface area contributed by atoms with Crippen LogP contribution in [0.2, 0.25) is 0 Å². The molecule has 0 spiro atoms. The number of ether oxygens (including phenoxy) is 1. The van der Waals surface area contributed by atoms with Gasteiger partial charge < -0.3 is 19.3 Å². The Bertz CT molecular complexity index is 1480. The van der Waals surface area contributed by atoms with Crippen LogP contribution in [0.5, 0.6) is 5.75 Å². The molecule has 1 aromatic heterocycles. The van der Waals surface area contributed by atoms with Gasteiger partial charge in [-0.3, -0.25) is 19.9 Å². The third-order valence-corrected chi connectivity index (χ3v) is 6.33. The minimum atomic E-state index is -1.70. The average Bonchev–Trinajstić information content (AvgIpc) is 3.58. The van der Waals surface area contributed by atoms with Crippen LogP contribution in [0.25, 0.3) is 10.9 Å². The normalized spacial score (nSPS) is 17.7. The molecule has 12 heteroatoms. The zero-order chi connectivity index (χ0) is 25.6. The van der Waals surface area contributed by atoms with Crippen LogP contribution in [-0.4, -0.2) is 46.1 Å². The zero-order valence-corrected chi connectivity index (χ0v) is 18.8. The Balaban J connectivity index is 1.49. The SMILES string of the molecule is O=C(O)Oc1cn(C2CC2)c2c(F)c(N3CCC(N=Cc4ccccc4[N+](=O)[O-])C3)c(F)cc2c1=O. The number of hydrogen-bond acceptors (Lipinski definition) is 7. The largest absolute Gasteiger partial charge is 0.511 e. The first-order valence-corrected chi connectivity index (χ1v) is 11.2. The number of benzene rings is 2. The summed E-state index contributed by atoms with van der Waals surface area (Å²) >= 11 is 0. The second-order valence-electron chi connectivity index (χ2n) is 8.73. The highest BCUT2D eigenvalue weighted by Gasteiger charge is 2.32. The Morgan fingerprint density at radius 1 is 1.25 bits per heavy atom. The molecule has 1 saturated heterocycles. The molecular formula is C24H20F2N4O6. The molecule has 1 aliphatic heterocycles. The zero-order valence-electron chi connectivity index (χ0n) is 18.8. The van der Waals surface area contributed by atoms with E-state index in [9.17, 15) is 19.7 Å².